The lowest BCUT2D eigenvalue weighted by Gasteiger charge is -2.19. The van der Waals surface area contributed by atoms with Gasteiger partial charge >= 0.3 is 5.97 Å². The van der Waals surface area contributed by atoms with Crippen LogP contribution in [0.15, 0.2) is 0 Å². The molecule has 0 aliphatic heterocycles. The molecule has 0 aliphatic rings. The van der Waals surface area contributed by atoms with Crippen molar-refractivity contribution in [3.63, 3.8) is 0 Å². The van der Waals surface area contributed by atoms with E-state index in [9.17, 15) is 4.79 Å². The monoisotopic (exact) mass is 410 g/mol. The maximum Gasteiger partial charge on any atom is 0.309 e. The van der Waals surface area contributed by atoms with Gasteiger partial charge in [-0.15, -0.1) is 0 Å². The Morgan fingerprint density at radius 3 is 1.38 bits per heavy atom. The Kier molecular flexibility index (Phi) is 21.8. The molecule has 0 saturated heterocycles. The second-order valence-electron chi connectivity index (χ2n) is 9.46. The number of hydrogen-bond acceptors (Lipinski definition) is 2. The molecule has 1 atom stereocenters. The van der Waals surface area contributed by atoms with Crippen molar-refractivity contribution in [2.24, 2.45) is 11.8 Å². The highest BCUT2D eigenvalue weighted by Crippen LogP contribution is 2.21. The summed E-state index contributed by atoms with van der Waals surface area (Å²) in [5, 5.41) is 0. The van der Waals surface area contributed by atoms with Crippen molar-refractivity contribution in [3.05, 3.63) is 0 Å². The van der Waals surface area contributed by atoms with Gasteiger partial charge in [-0.2, -0.15) is 0 Å². The van der Waals surface area contributed by atoms with Crippen LogP contribution in [0.1, 0.15) is 150 Å². The van der Waals surface area contributed by atoms with Crippen LogP contribution in [-0.4, -0.2) is 12.6 Å². The zero-order chi connectivity index (χ0) is 21.6. The Balaban J connectivity index is 3.46. The Bertz CT molecular complexity index is 337. The quantitative estimate of drug-likeness (QED) is 0.131. The van der Waals surface area contributed by atoms with Crippen molar-refractivity contribution < 1.29 is 9.53 Å². The van der Waals surface area contributed by atoms with Crippen molar-refractivity contribution in [1.82, 2.24) is 0 Å². The summed E-state index contributed by atoms with van der Waals surface area (Å²) in [6.45, 7) is 9.43. The van der Waals surface area contributed by atoms with E-state index in [1.165, 1.54) is 103 Å². The first-order chi connectivity index (χ1) is 14.1. The molecule has 0 aromatic carbocycles. The van der Waals surface area contributed by atoms with Crippen LogP contribution in [-0.2, 0) is 9.53 Å². The SMILES string of the molecule is CCCCCCCCCCCCCCCCOC(=O)C(CCCCCC)C(C)C. The van der Waals surface area contributed by atoms with Gasteiger partial charge in [-0.3, -0.25) is 4.79 Å². The van der Waals surface area contributed by atoms with E-state index < -0.39 is 0 Å². The number of hydrogen-bond donors (Lipinski definition) is 0. The van der Waals surface area contributed by atoms with Gasteiger partial charge in [0.15, 0.2) is 0 Å². The van der Waals surface area contributed by atoms with Gasteiger partial charge in [-0.05, 0) is 18.8 Å². The van der Waals surface area contributed by atoms with Gasteiger partial charge in [0.05, 0.1) is 12.5 Å². The fourth-order valence-corrected chi connectivity index (χ4v) is 4.09. The number of ether oxygens (including phenoxy) is 1. The van der Waals surface area contributed by atoms with Crippen LogP contribution in [0.25, 0.3) is 0 Å². The average molecular weight is 411 g/mol. The van der Waals surface area contributed by atoms with E-state index in [1.807, 2.05) is 0 Å². The topological polar surface area (TPSA) is 26.3 Å². The summed E-state index contributed by atoms with van der Waals surface area (Å²) in [6, 6.07) is 0. The predicted molar refractivity (Wildman–Crippen MR) is 128 cm³/mol. The van der Waals surface area contributed by atoms with Crippen molar-refractivity contribution in [1.29, 1.82) is 0 Å². The normalized spacial score (nSPS) is 12.4. The van der Waals surface area contributed by atoms with Crippen LogP contribution in [0, 0.1) is 11.8 Å². The Labute approximate surface area is 184 Å². The van der Waals surface area contributed by atoms with E-state index in [1.54, 1.807) is 0 Å². The van der Waals surface area contributed by atoms with Crippen LogP contribution < -0.4 is 0 Å². The minimum Gasteiger partial charge on any atom is -0.465 e. The maximum atomic E-state index is 12.4. The first-order valence-electron chi connectivity index (χ1n) is 13.3. The summed E-state index contributed by atoms with van der Waals surface area (Å²) in [7, 11) is 0. The lowest BCUT2D eigenvalue weighted by molar-refractivity contribution is -0.150. The van der Waals surface area contributed by atoms with Gasteiger partial charge in [0.2, 0.25) is 0 Å². The molecule has 0 amide bonds. The minimum absolute atomic E-state index is 0.0474. The molecule has 0 aromatic heterocycles. The van der Waals surface area contributed by atoms with Gasteiger partial charge in [0.1, 0.15) is 0 Å². The third-order valence-corrected chi connectivity index (χ3v) is 6.22. The summed E-state index contributed by atoms with van der Waals surface area (Å²) in [5.41, 5.74) is 0. The Morgan fingerprint density at radius 1 is 0.586 bits per heavy atom. The van der Waals surface area contributed by atoms with E-state index in [2.05, 4.69) is 27.7 Å². The molecule has 0 bridgehead atoms. The molecule has 0 fully saturated rings. The fourth-order valence-electron chi connectivity index (χ4n) is 4.09. The van der Waals surface area contributed by atoms with Gasteiger partial charge in [-0.1, -0.05) is 137 Å². The molecule has 0 rings (SSSR count). The van der Waals surface area contributed by atoms with E-state index in [4.69, 9.17) is 4.74 Å². The van der Waals surface area contributed by atoms with Crippen molar-refractivity contribution in [2.45, 2.75) is 150 Å². The van der Waals surface area contributed by atoms with Crippen molar-refractivity contribution in [2.75, 3.05) is 6.61 Å². The molecule has 2 nitrogen and oxygen atoms in total. The zero-order valence-electron chi connectivity index (χ0n) is 20.6. The molecular formula is C27H54O2. The van der Waals surface area contributed by atoms with Gasteiger partial charge in [-0.25, -0.2) is 0 Å². The molecule has 174 valence electrons. The van der Waals surface area contributed by atoms with Crippen molar-refractivity contribution >= 4 is 5.97 Å². The highest BCUT2D eigenvalue weighted by Gasteiger charge is 2.22. The highest BCUT2D eigenvalue weighted by atomic mass is 16.5. The lowest BCUT2D eigenvalue weighted by Crippen LogP contribution is -2.23. The molecule has 0 saturated carbocycles. The predicted octanol–water partition coefficient (Wildman–Crippen LogP) is 9.25. The molecule has 0 N–H and O–H groups in total. The molecule has 1 unspecified atom stereocenters. The summed E-state index contributed by atoms with van der Waals surface area (Å²) < 4.78 is 5.59. The first-order valence-corrected chi connectivity index (χ1v) is 13.3. The Morgan fingerprint density at radius 2 is 0.966 bits per heavy atom. The molecule has 0 heterocycles. The van der Waals surface area contributed by atoms with Gasteiger partial charge < -0.3 is 4.74 Å². The van der Waals surface area contributed by atoms with Crippen LogP contribution in [0.5, 0.6) is 0 Å². The van der Waals surface area contributed by atoms with Crippen LogP contribution >= 0.6 is 0 Å². The summed E-state index contributed by atoms with van der Waals surface area (Å²) >= 11 is 0. The molecule has 0 aromatic rings. The summed E-state index contributed by atoms with van der Waals surface area (Å²) in [5.74, 6) is 0.533. The maximum absolute atomic E-state index is 12.4. The zero-order valence-corrected chi connectivity index (χ0v) is 20.6. The van der Waals surface area contributed by atoms with Gasteiger partial charge in [0.25, 0.3) is 0 Å². The molecule has 29 heavy (non-hydrogen) atoms. The Hall–Kier alpha value is -0.530. The molecular weight excluding hydrogens is 356 g/mol. The van der Waals surface area contributed by atoms with E-state index in [-0.39, 0.29) is 11.9 Å². The number of unbranched alkanes of at least 4 members (excludes halogenated alkanes) is 16. The van der Waals surface area contributed by atoms with Crippen LogP contribution in [0.4, 0.5) is 0 Å². The molecule has 0 radical (unpaired) electrons. The van der Waals surface area contributed by atoms with Crippen molar-refractivity contribution in [3.8, 4) is 0 Å². The smallest absolute Gasteiger partial charge is 0.309 e. The van der Waals surface area contributed by atoms with E-state index >= 15 is 0 Å². The second kappa shape index (κ2) is 22.2. The molecule has 0 spiro atoms. The summed E-state index contributed by atoms with van der Waals surface area (Å²) in [6.07, 6.45) is 24.9. The second-order valence-corrected chi connectivity index (χ2v) is 9.46. The summed E-state index contributed by atoms with van der Waals surface area (Å²) in [4.78, 5) is 12.4. The molecule has 0 aliphatic carbocycles. The molecule has 2 heteroatoms. The number of esters is 1. The average Bonchev–Trinajstić information content (AvgIpc) is 2.70. The minimum atomic E-state index is 0.0474. The van der Waals surface area contributed by atoms with E-state index in [0.717, 1.165) is 19.3 Å². The highest BCUT2D eigenvalue weighted by molar-refractivity contribution is 5.72. The van der Waals surface area contributed by atoms with Gasteiger partial charge in [0, 0.05) is 0 Å². The third-order valence-electron chi connectivity index (χ3n) is 6.22. The lowest BCUT2D eigenvalue weighted by atomic mass is 9.90. The number of carbonyl (C=O) groups is 1. The standard InChI is InChI=1S/C27H54O2/c1-5-7-9-11-12-13-14-15-16-17-18-19-20-22-24-29-27(28)26(25(3)4)23-21-10-8-6-2/h25-26H,5-24H2,1-4H3. The number of carbonyl (C=O) groups excluding carboxylic acids is 1. The van der Waals surface area contributed by atoms with Crippen LogP contribution in [0.2, 0.25) is 0 Å². The van der Waals surface area contributed by atoms with Crippen LogP contribution in [0.3, 0.4) is 0 Å². The third kappa shape index (κ3) is 19.2. The fraction of sp³-hybridized carbons (Fsp3) is 0.963. The van der Waals surface area contributed by atoms with E-state index in [0.29, 0.717) is 12.5 Å². The first kappa shape index (κ1) is 28.5. The largest absolute Gasteiger partial charge is 0.465 e. The number of rotatable bonds is 22.